The highest BCUT2D eigenvalue weighted by Gasteiger charge is 2.07. The van der Waals surface area contributed by atoms with E-state index in [1.165, 1.54) is 16.5 Å². The third-order valence-corrected chi connectivity index (χ3v) is 4.00. The molecule has 2 rings (SSSR count). The lowest BCUT2D eigenvalue weighted by molar-refractivity contribution is 0.151. The third-order valence-electron chi connectivity index (χ3n) is 3.04. The molecule has 0 spiro atoms. The molecule has 1 N–H and O–H groups in total. The number of alkyl halides is 2. The van der Waals surface area contributed by atoms with Crippen LogP contribution in [0.15, 0.2) is 35.7 Å². The fraction of sp³-hybridized carbons (Fsp3) is 0.333. The smallest absolute Gasteiger partial charge is 0.263 e. The quantitative estimate of drug-likeness (QED) is 0.819. The van der Waals surface area contributed by atoms with Gasteiger partial charge < -0.3 is 5.32 Å². The summed E-state index contributed by atoms with van der Waals surface area (Å²) in [5, 5.41) is 5.40. The molecular weight excluding hydrogens is 264 g/mol. The molecule has 0 atom stereocenters. The van der Waals surface area contributed by atoms with Gasteiger partial charge in [-0.1, -0.05) is 25.1 Å². The molecule has 1 nitrogen and oxygen atoms in total. The molecule has 1 aromatic heterocycles. The fourth-order valence-corrected chi connectivity index (χ4v) is 2.94. The van der Waals surface area contributed by atoms with Crippen molar-refractivity contribution in [1.29, 1.82) is 0 Å². The molecule has 1 aromatic carbocycles. The summed E-state index contributed by atoms with van der Waals surface area (Å²) in [6, 6.07) is 8.71. The topological polar surface area (TPSA) is 12.0 Å². The molecule has 0 unspecified atom stereocenters. The molecule has 0 aliphatic heterocycles. The number of hydrogen-bond acceptors (Lipinski definition) is 2. The van der Waals surface area contributed by atoms with Crippen LogP contribution in [-0.2, 0) is 19.5 Å². The van der Waals surface area contributed by atoms with E-state index in [1.54, 1.807) is 23.5 Å². The van der Waals surface area contributed by atoms with Crippen LogP contribution in [-0.4, -0.2) is 0 Å². The maximum atomic E-state index is 12.6. The summed E-state index contributed by atoms with van der Waals surface area (Å²) in [5.74, 6) is 0. The first-order valence-corrected chi connectivity index (χ1v) is 7.21. The maximum absolute atomic E-state index is 12.6. The van der Waals surface area contributed by atoms with Crippen molar-refractivity contribution in [2.75, 3.05) is 0 Å². The molecule has 19 heavy (non-hydrogen) atoms. The van der Waals surface area contributed by atoms with E-state index in [-0.39, 0.29) is 5.56 Å². The van der Waals surface area contributed by atoms with Crippen LogP contribution in [0.2, 0.25) is 0 Å². The summed E-state index contributed by atoms with van der Waals surface area (Å²) in [6.07, 6.45) is -1.37. The van der Waals surface area contributed by atoms with E-state index >= 15 is 0 Å². The molecule has 102 valence electrons. The van der Waals surface area contributed by atoms with Crippen LogP contribution in [0.5, 0.6) is 0 Å². The number of nitrogens with one attached hydrogen (secondary N) is 1. The molecule has 0 aliphatic rings. The summed E-state index contributed by atoms with van der Waals surface area (Å²) >= 11 is 1.73. The lowest BCUT2D eigenvalue weighted by atomic mass is 10.1. The third kappa shape index (κ3) is 3.85. The molecule has 2 aromatic rings. The van der Waals surface area contributed by atoms with Crippen LogP contribution in [0.25, 0.3) is 0 Å². The number of hydrogen-bond donors (Lipinski definition) is 1. The molecule has 0 fully saturated rings. The second kappa shape index (κ2) is 6.78. The molecule has 0 saturated heterocycles. The maximum Gasteiger partial charge on any atom is 0.263 e. The van der Waals surface area contributed by atoms with Crippen LogP contribution in [0.1, 0.15) is 34.9 Å². The van der Waals surface area contributed by atoms with Crippen LogP contribution >= 0.6 is 11.3 Å². The molecule has 0 aliphatic carbocycles. The van der Waals surface area contributed by atoms with E-state index < -0.39 is 6.43 Å². The summed E-state index contributed by atoms with van der Waals surface area (Å²) in [5.41, 5.74) is 2.34. The largest absolute Gasteiger partial charge is 0.308 e. The van der Waals surface area contributed by atoms with Gasteiger partial charge in [0.2, 0.25) is 0 Å². The van der Waals surface area contributed by atoms with Gasteiger partial charge in [0.25, 0.3) is 6.43 Å². The zero-order valence-corrected chi connectivity index (χ0v) is 11.6. The summed E-state index contributed by atoms with van der Waals surface area (Å²) in [4.78, 5) is 1.33. The van der Waals surface area contributed by atoms with Crippen molar-refractivity contribution in [3.63, 3.8) is 0 Å². The van der Waals surface area contributed by atoms with E-state index in [0.29, 0.717) is 6.54 Å². The standard InChI is InChI=1S/C15H17F2NS/c1-2-12-6-7-19-14(12)10-18-9-11-4-3-5-13(8-11)15(16)17/h3-8,15,18H,2,9-10H2,1H3. The monoisotopic (exact) mass is 281 g/mol. The molecular formula is C15H17F2NS. The van der Waals surface area contributed by atoms with Gasteiger partial charge in [0.15, 0.2) is 0 Å². The SMILES string of the molecule is CCc1ccsc1CNCc1cccc(C(F)F)c1. The van der Waals surface area contributed by atoms with Crippen molar-refractivity contribution in [2.45, 2.75) is 32.9 Å². The van der Waals surface area contributed by atoms with Crippen molar-refractivity contribution in [2.24, 2.45) is 0 Å². The first-order valence-electron chi connectivity index (χ1n) is 6.33. The number of aryl methyl sites for hydroxylation is 1. The lowest BCUT2D eigenvalue weighted by Crippen LogP contribution is -2.12. The lowest BCUT2D eigenvalue weighted by Gasteiger charge is -2.07. The van der Waals surface area contributed by atoms with Gasteiger partial charge in [-0.2, -0.15) is 0 Å². The first-order chi connectivity index (χ1) is 9.20. The van der Waals surface area contributed by atoms with Crippen LogP contribution in [0.4, 0.5) is 8.78 Å². The minimum Gasteiger partial charge on any atom is -0.308 e. The van der Waals surface area contributed by atoms with Crippen molar-refractivity contribution >= 4 is 11.3 Å². The van der Waals surface area contributed by atoms with Gasteiger partial charge in [0, 0.05) is 23.5 Å². The summed E-state index contributed by atoms with van der Waals surface area (Å²) < 4.78 is 25.1. The van der Waals surface area contributed by atoms with Gasteiger partial charge in [-0.3, -0.25) is 0 Å². The number of benzene rings is 1. The van der Waals surface area contributed by atoms with Crippen molar-refractivity contribution < 1.29 is 8.78 Å². The average molecular weight is 281 g/mol. The fourth-order valence-electron chi connectivity index (χ4n) is 2.00. The summed E-state index contributed by atoms with van der Waals surface area (Å²) in [7, 11) is 0. The van der Waals surface area contributed by atoms with Gasteiger partial charge in [0.1, 0.15) is 0 Å². The van der Waals surface area contributed by atoms with E-state index in [0.717, 1.165) is 18.5 Å². The second-order valence-electron chi connectivity index (χ2n) is 4.37. The molecule has 4 heteroatoms. The minimum atomic E-state index is -2.40. The highest BCUT2D eigenvalue weighted by atomic mass is 32.1. The Morgan fingerprint density at radius 3 is 2.79 bits per heavy atom. The Morgan fingerprint density at radius 2 is 2.05 bits per heavy atom. The Morgan fingerprint density at radius 1 is 1.21 bits per heavy atom. The van der Waals surface area contributed by atoms with Crippen LogP contribution in [0.3, 0.4) is 0 Å². The van der Waals surface area contributed by atoms with Crippen molar-refractivity contribution in [3.8, 4) is 0 Å². The van der Waals surface area contributed by atoms with Gasteiger partial charge in [-0.15, -0.1) is 11.3 Å². The van der Waals surface area contributed by atoms with Crippen LogP contribution in [0, 0.1) is 0 Å². The highest BCUT2D eigenvalue weighted by molar-refractivity contribution is 7.10. The predicted molar refractivity (Wildman–Crippen MR) is 75.6 cm³/mol. The number of rotatable bonds is 6. The van der Waals surface area contributed by atoms with E-state index in [9.17, 15) is 8.78 Å². The Hall–Kier alpha value is -1.26. The van der Waals surface area contributed by atoms with Gasteiger partial charge in [-0.25, -0.2) is 8.78 Å². The molecule has 1 heterocycles. The van der Waals surface area contributed by atoms with E-state index in [2.05, 4.69) is 23.7 Å². The molecule has 0 saturated carbocycles. The van der Waals surface area contributed by atoms with E-state index in [4.69, 9.17) is 0 Å². The zero-order valence-electron chi connectivity index (χ0n) is 10.8. The van der Waals surface area contributed by atoms with Gasteiger partial charge in [-0.05, 0) is 35.1 Å². The van der Waals surface area contributed by atoms with Crippen molar-refractivity contribution in [3.05, 3.63) is 57.3 Å². The van der Waals surface area contributed by atoms with E-state index in [1.807, 2.05) is 6.07 Å². The van der Waals surface area contributed by atoms with Crippen molar-refractivity contribution in [1.82, 2.24) is 5.32 Å². The Balaban J connectivity index is 1.90. The molecule has 0 bridgehead atoms. The second-order valence-corrected chi connectivity index (χ2v) is 5.37. The Labute approximate surface area is 116 Å². The Bertz CT molecular complexity index is 522. The minimum absolute atomic E-state index is 0.0877. The van der Waals surface area contributed by atoms with Gasteiger partial charge >= 0.3 is 0 Å². The average Bonchev–Trinajstić information content (AvgIpc) is 2.86. The Kier molecular flexibility index (Phi) is 5.05. The zero-order chi connectivity index (χ0) is 13.7. The number of thiophene rings is 1. The first kappa shape index (κ1) is 14.2. The summed E-state index contributed by atoms with van der Waals surface area (Å²) in [6.45, 7) is 3.54. The molecule has 0 amide bonds. The normalized spacial score (nSPS) is 11.2. The number of halogens is 2. The molecule has 0 radical (unpaired) electrons. The van der Waals surface area contributed by atoms with Crippen LogP contribution < -0.4 is 5.32 Å². The highest BCUT2D eigenvalue weighted by Crippen LogP contribution is 2.20. The predicted octanol–water partition coefficient (Wildman–Crippen LogP) is 4.54. The van der Waals surface area contributed by atoms with Gasteiger partial charge in [0.05, 0.1) is 0 Å².